The fraction of sp³-hybridized carbons (Fsp3) is 0.0769. The largest absolute Gasteiger partial charge is 0.455 e. The summed E-state index contributed by atoms with van der Waals surface area (Å²) in [6, 6.07) is 7.49. The van der Waals surface area contributed by atoms with Crippen LogP contribution in [0.5, 0.6) is 11.5 Å². The third-order valence-corrected chi connectivity index (χ3v) is 2.62. The van der Waals surface area contributed by atoms with Crippen LogP contribution in [-0.4, -0.2) is 17.4 Å². The average Bonchev–Trinajstić information content (AvgIpc) is 2.38. The van der Waals surface area contributed by atoms with E-state index in [2.05, 4.69) is 15.6 Å². The summed E-state index contributed by atoms with van der Waals surface area (Å²) in [7, 11) is 0. The summed E-state index contributed by atoms with van der Waals surface area (Å²) in [5.41, 5.74) is 0.589. The first kappa shape index (κ1) is 11.5. The third-order valence-electron chi connectivity index (χ3n) is 2.62. The van der Waals surface area contributed by atoms with Gasteiger partial charge in [0.2, 0.25) is 5.91 Å². The van der Waals surface area contributed by atoms with E-state index in [0.29, 0.717) is 23.0 Å². The molecule has 1 amide bonds. The Bertz CT molecular complexity index is 646. The summed E-state index contributed by atoms with van der Waals surface area (Å²) in [5, 5.41) is 5.55. The highest BCUT2D eigenvalue weighted by atomic mass is 19.1. The van der Waals surface area contributed by atoms with Crippen LogP contribution >= 0.6 is 0 Å². The number of nitrogens with one attached hydrogen (secondary N) is 2. The Morgan fingerprint density at radius 2 is 2.21 bits per heavy atom. The Morgan fingerprint density at radius 3 is 3.05 bits per heavy atom. The first-order valence-corrected chi connectivity index (χ1v) is 5.68. The van der Waals surface area contributed by atoms with Gasteiger partial charge in [-0.3, -0.25) is 4.79 Å². The summed E-state index contributed by atoms with van der Waals surface area (Å²) >= 11 is 0. The van der Waals surface area contributed by atoms with Gasteiger partial charge in [-0.15, -0.1) is 0 Å². The summed E-state index contributed by atoms with van der Waals surface area (Å²) in [4.78, 5) is 15.3. The molecule has 1 aliphatic heterocycles. The summed E-state index contributed by atoms with van der Waals surface area (Å²) in [5.74, 6) is 0.734. The van der Waals surface area contributed by atoms with Gasteiger partial charge in [0, 0.05) is 18.3 Å². The second kappa shape index (κ2) is 4.56. The van der Waals surface area contributed by atoms with Gasteiger partial charge >= 0.3 is 0 Å². The van der Waals surface area contributed by atoms with Crippen molar-refractivity contribution in [3.05, 3.63) is 42.3 Å². The van der Waals surface area contributed by atoms with Crippen molar-refractivity contribution in [1.82, 2.24) is 4.98 Å². The van der Waals surface area contributed by atoms with Crippen molar-refractivity contribution in [2.45, 2.75) is 0 Å². The van der Waals surface area contributed by atoms with Crippen molar-refractivity contribution >= 4 is 17.4 Å². The molecule has 2 N–H and O–H groups in total. The number of benzene rings is 1. The number of hydrogen-bond donors (Lipinski definition) is 2. The highest BCUT2D eigenvalue weighted by Gasteiger charge is 2.19. The molecule has 0 fully saturated rings. The third kappa shape index (κ3) is 2.33. The van der Waals surface area contributed by atoms with Crippen LogP contribution in [0, 0.1) is 5.82 Å². The maximum Gasteiger partial charge on any atom is 0.244 e. The number of carbonyl (C=O) groups is 1. The average molecular weight is 259 g/mol. The van der Waals surface area contributed by atoms with E-state index in [4.69, 9.17) is 4.74 Å². The van der Waals surface area contributed by atoms with Gasteiger partial charge in [0.05, 0.1) is 6.54 Å². The van der Waals surface area contributed by atoms with Gasteiger partial charge in [0.25, 0.3) is 0 Å². The molecule has 2 heterocycles. The summed E-state index contributed by atoms with van der Waals surface area (Å²) in [6.45, 7) is 0.151. The fourth-order valence-corrected chi connectivity index (χ4v) is 1.80. The molecule has 1 aromatic carbocycles. The lowest BCUT2D eigenvalue weighted by Crippen LogP contribution is -2.28. The van der Waals surface area contributed by atoms with Crippen molar-refractivity contribution in [3.8, 4) is 11.5 Å². The van der Waals surface area contributed by atoms with Gasteiger partial charge in [-0.1, -0.05) is 6.07 Å². The second-order valence-electron chi connectivity index (χ2n) is 3.99. The van der Waals surface area contributed by atoms with Gasteiger partial charge in [-0.05, 0) is 12.1 Å². The quantitative estimate of drug-likeness (QED) is 0.869. The monoisotopic (exact) mass is 259 g/mol. The lowest BCUT2D eigenvalue weighted by molar-refractivity contribution is -0.114. The van der Waals surface area contributed by atoms with E-state index >= 15 is 0 Å². The minimum atomic E-state index is -0.373. The number of anilines is 2. The van der Waals surface area contributed by atoms with E-state index in [1.165, 1.54) is 18.3 Å². The maximum absolute atomic E-state index is 13.1. The van der Waals surface area contributed by atoms with Crippen LogP contribution in [0.25, 0.3) is 0 Å². The van der Waals surface area contributed by atoms with Crippen LogP contribution < -0.4 is 15.4 Å². The normalized spacial score (nSPS) is 13.2. The number of fused-ring (bicyclic) bond motifs is 1. The Morgan fingerprint density at radius 1 is 1.32 bits per heavy atom. The zero-order chi connectivity index (χ0) is 13.2. The van der Waals surface area contributed by atoms with Crippen LogP contribution in [0.2, 0.25) is 0 Å². The predicted octanol–water partition coefficient (Wildman–Crippen LogP) is 2.38. The molecule has 1 aliphatic rings. The molecule has 0 atom stereocenters. The lowest BCUT2D eigenvalue weighted by atomic mass is 10.3. The molecule has 5 nitrogen and oxygen atoms in total. The summed E-state index contributed by atoms with van der Waals surface area (Å²) in [6.07, 6.45) is 1.51. The number of rotatable bonds is 2. The van der Waals surface area contributed by atoms with E-state index in [-0.39, 0.29) is 18.3 Å². The lowest BCUT2D eigenvalue weighted by Gasteiger charge is -2.20. The SMILES string of the molecule is O=C1CNc2c(Oc3cccc(F)c3)ccnc2N1. The molecule has 3 rings (SSSR count). The van der Waals surface area contributed by atoms with Crippen molar-refractivity contribution < 1.29 is 13.9 Å². The van der Waals surface area contributed by atoms with Crippen LogP contribution in [-0.2, 0) is 4.79 Å². The predicted molar refractivity (Wildman–Crippen MR) is 67.8 cm³/mol. The molecule has 0 saturated carbocycles. The number of halogens is 1. The highest BCUT2D eigenvalue weighted by Crippen LogP contribution is 2.35. The smallest absolute Gasteiger partial charge is 0.244 e. The minimum Gasteiger partial charge on any atom is -0.455 e. The Kier molecular flexibility index (Phi) is 2.75. The van der Waals surface area contributed by atoms with E-state index in [0.717, 1.165) is 0 Å². The van der Waals surface area contributed by atoms with E-state index in [9.17, 15) is 9.18 Å². The van der Waals surface area contributed by atoms with Crippen LogP contribution in [0.15, 0.2) is 36.5 Å². The van der Waals surface area contributed by atoms with Crippen LogP contribution in [0.1, 0.15) is 0 Å². The number of nitrogens with zero attached hydrogens (tertiary/aromatic N) is 1. The molecule has 0 bridgehead atoms. The molecule has 0 unspecified atom stereocenters. The Labute approximate surface area is 108 Å². The zero-order valence-electron chi connectivity index (χ0n) is 9.81. The van der Waals surface area contributed by atoms with Crippen molar-refractivity contribution in [2.24, 2.45) is 0 Å². The van der Waals surface area contributed by atoms with Crippen LogP contribution in [0.4, 0.5) is 15.9 Å². The number of ether oxygens (including phenoxy) is 1. The number of carbonyl (C=O) groups excluding carboxylic acids is 1. The number of hydrogen-bond acceptors (Lipinski definition) is 4. The van der Waals surface area contributed by atoms with Gasteiger partial charge < -0.3 is 15.4 Å². The molecule has 96 valence electrons. The van der Waals surface area contributed by atoms with Crippen molar-refractivity contribution in [1.29, 1.82) is 0 Å². The molecule has 1 aromatic heterocycles. The molecule has 0 aliphatic carbocycles. The molecule has 0 radical (unpaired) electrons. The number of aromatic nitrogens is 1. The zero-order valence-corrected chi connectivity index (χ0v) is 9.81. The highest BCUT2D eigenvalue weighted by molar-refractivity contribution is 6.00. The van der Waals surface area contributed by atoms with Crippen LogP contribution in [0.3, 0.4) is 0 Å². The van der Waals surface area contributed by atoms with Gasteiger partial charge in [0.15, 0.2) is 11.6 Å². The molecular formula is C13H10FN3O2. The summed E-state index contributed by atoms with van der Waals surface area (Å²) < 4.78 is 18.7. The van der Waals surface area contributed by atoms with Gasteiger partial charge in [-0.2, -0.15) is 0 Å². The molecular weight excluding hydrogens is 249 g/mol. The van der Waals surface area contributed by atoms with Crippen molar-refractivity contribution in [3.63, 3.8) is 0 Å². The topological polar surface area (TPSA) is 63.2 Å². The Balaban J connectivity index is 1.94. The standard InChI is InChI=1S/C13H10FN3O2/c14-8-2-1-3-9(6-8)19-10-4-5-15-13-12(10)16-7-11(18)17-13/h1-6,16H,7H2,(H,15,17,18). The first-order valence-electron chi connectivity index (χ1n) is 5.68. The van der Waals surface area contributed by atoms with Gasteiger partial charge in [0.1, 0.15) is 17.3 Å². The maximum atomic E-state index is 13.1. The molecule has 6 heteroatoms. The van der Waals surface area contributed by atoms with Gasteiger partial charge in [-0.25, -0.2) is 9.37 Å². The number of pyridine rings is 1. The van der Waals surface area contributed by atoms with E-state index < -0.39 is 0 Å². The second-order valence-corrected chi connectivity index (χ2v) is 3.99. The van der Waals surface area contributed by atoms with Crippen molar-refractivity contribution in [2.75, 3.05) is 17.2 Å². The number of amides is 1. The first-order chi connectivity index (χ1) is 9.22. The van der Waals surface area contributed by atoms with E-state index in [1.807, 2.05) is 0 Å². The molecule has 2 aromatic rings. The molecule has 0 spiro atoms. The fourth-order valence-electron chi connectivity index (χ4n) is 1.80. The minimum absolute atomic E-state index is 0.151. The van der Waals surface area contributed by atoms with E-state index in [1.54, 1.807) is 18.2 Å². The Hall–Kier alpha value is -2.63. The molecule has 19 heavy (non-hydrogen) atoms. The molecule has 0 saturated heterocycles.